The fourth-order valence-electron chi connectivity index (χ4n) is 0.908. The van der Waals surface area contributed by atoms with E-state index in [2.05, 4.69) is 21.2 Å². The second-order valence-electron chi connectivity index (χ2n) is 2.41. The molecule has 0 aliphatic heterocycles. The maximum absolute atomic E-state index is 10.1. The van der Waals surface area contributed by atoms with E-state index >= 15 is 0 Å². The number of halogens is 1. The molecule has 0 unspecified atom stereocenters. The fraction of sp³-hybridized carbons (Fsp3) is 0.125. The van der Waals surface area contributed by atoms with Gasteiger partial charge in [-0.3, -0.25) is 4.79 Å². The summed E-state index contributed by atoms with van der Waals surface area (Å²) in [6, 6.07) is 3.46. The van der Waals surface area contributed by atoms with E-state index in [4.69, 9.17) is 0 Å². The molecule has 0 spiro atoms. The number of aryl methyl sites for hydroxylation is 1. The van der Waals surface area contributed by atoms with E-state index in [-0.39, 0.29) is 5.75 Å². The van der Waals surface area contributed by atoms with Crippen molar-refractivity contribution in [3.8, 4) is 5.75 Å². The van der Waals surface area contributed by atoms with E-state index in [0.717, 1.165) is 5.56 Å². The first-order chi connectivity index (χ1) is 5.65. The number of amides is 1. The van der Waals surface area contributed by atoms with E-state index in [1.807, 2.05) is 6.92 Å². The van der Waals surface area contributed by atoms with Crippen LogP contribution in [0.15, 0.2) is 16.6 Å². The van der Waals surface area contributed by atoms with Crippen LogP contribution in [0.2, 0.25) is 0 Å². The van der Waals surface area contributed by atoms with Crippen LogP contribution >= 0.6 is 15.9 Å². The summed E-state index contributed by atoms with van der Waals surface area (Å²) < 4.78 is 0.576. The third kappa shape index (κ3) is 1.76. The van der Waals surface area contributed by atoms with E-state index in [0.29, 0.717) is 16.6 Å². The van der Waals surface area contributed by atoms with Gasteiger partial charge in [-0.15, -0.1) is 0 Å². The Morgan fingerprint density at radius 1 is 1.58 bits per heavy atom. The number of phenols is 1. The number of hydrogen-bond donors (Lipinski definition) is 2. The number of nitrogens with one attached hydrogen (secondary N) is 1. The largest absolute Gasteiger partial charge is 0.505 e. The second-order valence-corrected chi connectivity index (χ2v) is 3.26. The van der Waals surface area contributed by atoms with Crippen LogP contribution in [0.5, 0.6) is 5.75 Å². The third-order valence-corrected chi connectivity index (χ3v) is 2.03. The van der Waals surface area contributed by atoms with E-state index in [1.54, 1.807) is 12.1 Å². The monoisotopic (exact) mass is 229 g/mol. The van der Waals surface area contributed by atoms with Crippen molar-refractivity contribution in [1.29, 1.82) is 0 Å². The lowest BCUT2D eigenvalue weighted by molar-refractivity contribution is -0.105. The molecule has 0 saturated carbocycles. The summed E-state index contributed by atoms with van der Waals surface area (Å²) in [5, 5.41) is 11.8. The van der Waals surface area contributed by atoms with Gasteiger partial charge in [0.25, 0.3) is 0 Å². The van der Waals surface area contributed by atoms with Crippen molar-refractivity contribution in [1.82, 2.24) is 0 Å². The van der Waals surface area contributed by atoms with Crippen LogP contribution in [0.25, 0.3) is 0 Å². The van der Waals surface area contributed by atoms with Gasteiger partial charge < -0.3 is 10.4 Å². The Hall–Kier alpha value is -1.03. The van der Waals surface area contributed by atoms with Crippen molar-refractivity contribution in [2.45, 2.75) is 6.92 Å². The minimum Gasteiger partial charge on any atom is -0.505 e. The van der Waals surface area contributed by atoms with Gasteiger partial charge in [-0.05, 0) is 40.5 Å². The molecule has 2 N–H and O–H groups in total. The molecular weight excluding hydrogens is 222 g/mol. The van der Waals surface area contributed by atoms with Crippen LogP contribution in [0, 0.1) is 6.92 Å². The van der Waals surface area contributed by atoms with Crippen molar-refractivity contribution in [3.05, 3.63) is 22.2 Å². The predicted molar refractivity (Wildman–Crippen MR) is 50.2 cm³/mol. The number of anilines is 1. The summed E-state index contributed by atoms with van der Waals surface area (Å²) in [5.41, 5.74) is 1.38. The minimum absolute atomic E-state index is 0.0488. The normalized spacial score (nSPS) is 9.50. The van der Waals surface area contributed by atoms with Crippen LogP contribution in [0.1, 0.15) is 5.56 Å². The molecule has 1 rings (SSSR count). The second kappa shape index (κ2) is 3.58. The van der Waals surface area contributed by atoms with Gasteiger partial charge in [-0.25, -0.2) is 0 Å². The summed E-state index contributed by atoms with van der Waals surface area (Å²) in [6.07, 6.45) is 0.529. The number of aromatic hydroxyl groups is 1. The molecule has 1 aromatic carbocycles. The molecule has 12 heavy (non-hydrogen) atoms. The first-order valence-electron chi connectivity index (χ1n) is 3.34. The minimum atomic E-state index is 0.0488. The van der Waals surface area contributed by atoms with Gasteiger partial charge in [0.15, 0.2) is 5.75 Å². The van der Waals surface area contributed by atoms with Gasteiger partial charge in [0.1, 0.15) is 0 Å². The van der Waals surface area contributed by atoms with Crippen molar-refractivity contribution in [2.24, 2.45) is 0 Å². The lowest BCUT2D eigenvalue weighted by Crippen LogP contribution is -1.94. The Bertz CT molecular complexity index is 312. The van der Waals surface area contributed by atoms with Gasteiger partial charge in [0, 0.05) is 0 Å². The molecule has 0 aromatic heterocycles. The Kier molecular flexibility index (Phi) is 2.70. The molecule has 64 valence electrons. The van der Waals surface area contributed by atoms with Crippen LogP contribution in [0.4, 0.5) is 5.69 Å². The van der Waals surface area contributed by atoms with E-state index < -0.39 is 0 Å². The zero-order valence-electron chi connectivity index (χ0n) is 6.47. The lowest BCUT2D eigenvalue weighted by atomic mass is 10.2. The van der Waals surface area contributed by atoms with E-state index in [9.17, 15) is 9.90 Å². The average molecular weight is 230 g/mol. The van der Waals surface area contributed by atoms with Crippen molar-refractivity contribution < 1.29 is 9.90 Å². The van der Waals surface area contributed by atoms with Gasteiger partial charge in [0.05, 0.1) is 10.2 Å². The van der Waals surface area contributed by atoms with Crippen LogP contribution in [-0.2, 0) is 4.79 Å². The van der Waals surface area contributed by atoms with Gasteiger partial charge in [-0.1, -0.05) is 0 Å². The Morgan fingerprint density at radius 3 is 2.83 bits per heavy atom. The summed E-state index contributed by atoms with van der Waals surface area (Å²) in [6.45, 7) is 1.88. The molecule has 0 heterocycles. The number of hydrogen-bond acceptors (Lipinski definition) is 2. The zero-order chi connectivity index (χ0) is 9.14. The average Bonchev–Trinajstić information content (AvgIpc) is 2.00. The number of carbonyl (C=O) groups excluding carboxylic acids is 1. The molecule has 0 saturated heterocycles. The molecule has 4 heteroatoms. The molecule has 1 aromatic rings. The molecule has 0 atom stereocenters. The van der Waals surface area contributed by atoms with Gasteiger partial charge in [-0.2, -0.15) is 0 Å². The molecule has 3 nitrogen and oxygen atoms in total. The van der Waals surface area contributed by atoms with Crippen molar-refractivity contribution in [3.63, 3.8) is 0 Å². The quantitative estimate of drug-likeness (QED) is 0.603. The third-order valence-electron chi connectivity index (χ3n) is 1.42. The van der Waals surface area contributed by atoms with Gasteiger partial charge in [0.2, 0.25) is 6.41 Å². The summed E-state index contributed by atoms with van der Waals surface area (Å²) in [4.78, 5) is 10.1. The molecule has 1 amide bonds. The lowest BCUT2D eigenvalue weighted by Gasteiger charge is -2.05. The highest BCUT2D eigenvalue weighted by molar-refractivity contribution is 9.10. The Balaban J connectivity index is 3.17. The number of rotatable bonds is 2. The maximum atomic E-state index is 10.1. The first kappa shape index (κ1) is 9.06. The van der Waals surface area contributed by atoms with Crippen LogP contribution in [-0.4, -0.2) is 11.5 Å². The standard InChI is InChI=1S/C8H8BrNO2/c1-5-2-6(9)8(12)7(3-5)10-4-11/h2-4,12H,1H3,(H,10,11). The molecule has 0 radical (unpaired) electrons. The zero-order valence-corrected chi connectivity index (χ0v) is 8.05. The van der Waals surface area contributed by atoms with Crippen LogP contribution in [0.3, 0.4) is 0 Å². The van der Waals surface area contributed by atoms with Crippen molar-refractivity contribution >= 4 is 28.0 Å². The molecule has 0 aliphatic carbocycles. The predicted octanol–water partition coefficient (Wildman–Crippen LogP) is 2.03. The highest BCUT2D eigenvalue weighted by Gasteiger charge is 2.04. The topological polar surface area (TPSA) is 49.3 Å². The smallest absolute Gasteiger partial charge is 0.211 e. The number of carbonyl (C=O) groups is 1. The number of benzene rings is 1. The fourth-order valence-corrected chi connectivity index (χ4v) is 1.48. The van der Waals surface area contributed by atoms with Crippen molar-refractivity contribution in [2.75, 3.05) is 5.32 Å². The number of phenolic OH excluding ortho intramolecular Hbond substituents is 1. The highest BCUT2D eigenvalue weighted by atomic mass is 79.9. The molecule has 0 fully saturated rings. The Morgan fingerprint density at radius 2 is 2.25 bits per heavy atom. The summed E-state index contributed by atoms with van der Waals surface area (Å²) in [5.74, 6) is 0.0488. The first-order valence-corrected chi connectivity index (χ1v) is 4.13. The molecular formula is C8H8BrNO2. The van der Waals surface area contributed by atoms with Gasteiger partial charge >= 0.3 is 0 Å². The summed E-state index contributed by atoms with van der Waals surface area (Å²) >= 11 is 3.16. The Labute approximate surface area is 78.5 Å². The highest BCUT2D eigenvalue weighted by Crippen LogP contribution is 2.32. The maximum Gasteiger partial charge on any atom is 0.211 e. The van der Waals surface area contributed by atoms with Crippen LogP contribution < -0.4 is 5.32 Å². The molecule has 0 aliphatic rings. The SMILES string of the molecule is Cc1cc(Br)c(O)c(NC=O)c1. The summed E-state index contributed by atoms with van der Waals surface area (Å²) in [7, 11) is 0. The van der Waals surface area contributed by atoms with E-state index in [1.165, 1.54) is 0 Å². The molecule has 0 bridgehead atoms.